The topological polar surface area (TPSA) is 55.6 Å². The largest absolute Gasteiger partial charge is 0.451 e. The molecule has 1 fully saturated rings. The van der Waals surface area contributed by atoms with Crippen LogP contribution < -0.4 is 0 Å². The van der Waals surface area contributed by atoms with Gasteiger partial charge in [-0.1, -0.05) is 30.0 Å². The highest BCUT2D eigenvalue weighted by atomic mass is 32.2. The second kappa shape index (κ2) is 8.04. The molecule has 4 rings (SSSR count). The SMILES string of the molecule is Cc1csc(SCc2c(C(=O)N(C)CC3CCCO3)oc3ccccc23)n1. The van der Waals surface area contributed by atoms with E-state index in [9.17, 15) is 4.79 Å². The molecule has 0 radical (unpaired) electrons. The quantitative estimate of drug-likeness (QED) is 0.557. The number of carbonyl (C=O) groups is 1. The second-order valence-corrected chi connectivity index (χ2v) is 8.85. The van der Waals surface area contributed by atoms with E-state index >= 15 is 0 Å². The molecule has 0 N–H and O–H groups in total. The molecule has 0 aliphatic carbocycles. The van der Waals surface area contributed by atoms with Gasteiger partial charge in [-0.3, -0.25) is 4.79 Å². The molecule has 3 heterocycles. The Balaban J connectivity index is 1.59. The Morgan fingerprint density at radius 3 is 3.00 bits per heavy atom. The maximum absolute atomic E-state index is 13.1. The number of likely N-dealkylation sites (N-methyl/N-ethyl adjacent to an activating group) is 1. The number of benzene rings is 1. The summed E-state index contributed by atoms with van der Waals surface area (Å²) < 4.78 is 12.7. The molecule has 142 valence electrons. The molecule has 0 saturated carbocycles. The van der Waals surface area contributed by atoms with Crippen LogP contribution in [0.3, 0.4) is 0 Å². The second-order valence-electron chi connectivity index (χ2n) is 6.77. The summed E-state index contributed by atoms with van der Waals surface area (Å²) in [6.45, 7) is 3.36. The van der Waals surface area contributed by atoms with Crippen LogP contribution in [-0.2, 0) is 10.5 Å². The lowest BCUT2D eigenvalue weighted by molar-refractivity contribution is 0.0564. The first-order chi connectivity index (χ1) is 13.1. The molecule has 0 spiro atoms. The fraction of sp³-hybridized carbons (Fsp3) is 0.400. The van der Waals surface area contributed by atoms with Crippen LogP contribution in [0, 0.1) is 6.92 Å². The third kappa shape index (κ3) is 4.05. The van der Waals surface area contributed by atoms with Gasteiger partial charge in [0.1, 0.15) is 9.92 Å². The van der Waals surface area contributed by atoms with E-state index in [4.69, 9.17) is 9.15 Å². The van der Waals surface area contributed by atoms with E-state index in [1.807, 2.05) is 43.6 Å². The molecule has 1 atom stereocenters. The zero-order chi connectivity index (χ0) is 18.8. The number of nitrogens with zero attached hydrogens (tertiary/aromatic N) is 2. The van der Waals surface area contributed by atoms with Gasteiger partial charge in [-0.15, -0.1) is 11.3 Å². The molecule has 1 unspecified atom stereocenters. The van der Waals surface area contributed by atoms with Crippen LogP contribution in [0.1, 0.15) is 34.7 Å². The van der Waals surface area contributed by atoms with Crippen molar-refractivity contribution in [1.82, 2.24) is 9.88 Å². The van der Waals surface area contributed by atoms with Crippen molar-refractivity contribution in [1.29, 1.82) is 0 Å². The highest BCUT2D eigenvalue weighted by Gasteiger charge is 2.26. The van der Waals surface area contributed by atoms with Crippen LogP contribution >= 0.6 is 23.1 Å². The zero-order valence-electron chi connectivity index (χ0n) is 15.4. The molecule has 1 amide bonds. The summed E-state index contributed by atoms with van der Waals surface area (Å²) in [6, 6.07) is 7.83. The zero-order valence-corrected chi connectivity index (χ0v) is 17.1. The number of carbonyl (C=O) groups excluding carboxylic acids is 1. The molecule has 7 heteroatoms. The van der Waals surface area contributed by atoms with Crippen LogP contribution in [0.15, 0.2) is 38.4 Å². The summed E-state index contributed by atoms with van der Waals surface area (Å²) in [5, 5.41) is 3.03. The van der Waals surface area contributed by atoms with Crippen LogP contribution in [-0.4, -0.2) is 42.1 Å². The van der Waals surface area contributed by atoms with Crippen molar-refractivity contribution in [3.05, 3.63) is 46.7 Å². The summed E-state index contributed by atoms with van der Waals surface area (Å²) >= 11 is 3.27. The van der Waals surface area contributed by atoms with Crippen molar-refractivity contribution in [2.75, 3.05) is 20.2 Å². The van der Waals surface area contributed by atoms with Crippen molar-refractivity contribution in [2.24, 2.45) is 0 Å². The smallest absolute Gasteiger partial charge is 0.289 e. The average molecular weight is 403 g/mol. The number of thioether (sulfide) groups is 1. The Hall–Kier alpha value is -1.83. The number of fused-ring (bicyclic) bond motifs is 1. The van der Waals surface area contributed by atoms with Gasteiger partial charge in [0.25, 0.3) is 5.91 Å². The summed E-state index contributed by atoms with van der Waals surface area (Å²) in [4.78, 5) is 19.3. The molecule has 5 nitrogen and oxygen atoms in total. The first kappa shape index (κ1) is 18.5. The first-order valence-electron chi connectivity index (χ1n) is 9.04. The molecule has 3 aromatic rings. The molecule has 0 bridgehead atoms. The maximum Gasteiger partial charge on any atom is 0.289 e. The Morgan fingerprint density at radius 2 is 2.26 bits per heavy atom. The van der Waals surface area contributed by atoms with Crippen LogP contribution in [0.4, 0.5) is 0 Å². The molecular formula is C20H22N2O3S2. The van der Waals surface area contributed by atoms with Gasteiger partial charge in [-0.05, 0) is 25.8 Å². The van der Waals surface area contributed by atoms with Crippen LogP contribution in [0.2, 0.25) is 0 Å². The molecule has 1 aliphatic heterocycles. The number of ether oxygens (including phenoxy) is 1. The van der Waals surface area contributed by atoms with E-state index in [0.717, 1.165) is 46.0 Å². The molecule has 1 aromatic carbocycles. The number of hydrogen-bond acceptors (Lipinski definition) is 6. The normalized spacial score (nSPS) is 16.9. The minimum Gasteiger partial charge on any atom is -0.451 e. The van der Waals surface area contributed by atoms with E-state index in [1.165, 1.54) is 0 Å². The number of thiazole rings is 1. The highest BCUT2D eigenvalue weighted by molar-refractivity contribution is 8.00. The van der Waals surface area contributed by atoms with E-state index in [-0.39, 0.29) is 12.0 Å². The number of para-hydroxylation sites is 1. The highest BCUT2D eigenvalue weighted by Crippen LogP contribution is 2.33. The third-order valence-corrected chi connectivity index (χ3v) is 6.84. The number of rotatable bonds is 6. The Kier molecular flexibility index (Phi) is 5.52. The van der Waals surface area contributed by atoms with Gasteiger partial charge in [0, 0.05) is 48.0 Å². The number of amides is 1. The summed E-state index contributed by atoms with van der Waals surface area (Å²) in [7, 11) is 1.82. The van der Waals surface area contributed by atoms with Gasteiger partial charge in [0.15, 0.2) is 5.76 Å². The Labute approximate surface area is 166 Å². The van der Waals surface area contributed by atoms with Crippen molar-refractivity contribution in [3.63, 3.8) is 0 Å². The Bertz CT molecular complexity index is 944. The van der Waals surface area contributed by atoms with E-state index in [0.29, 0.717) is 18.1 Å². The maximum atomic E-state index is 13.1. The summed E-state index contributed by atoms with van der Waals surface area (Å²) in [5.74, 6) is 0.990. The van der Waals surface area contributed by atoms with Gasteiger partial charge in [-0.25, -0.2) is 4.98 Å². The van der Waals surface area contributed by atoms with Crippen molar-refractivity contribution >= 4 is 40.0 Å². The van der Waals surface area contributed by atoms with E-state index in [1.54, 1.807) is 28.0 Å². The van der Waals surface area contributed by atoms with Crippen molar-refractivity contribution < 1.29 is 13.9 Å². The molecule has 2 aromatic heterocycles. The van der Waals surface area contributed by atoms with Crippen molar-refractivity contribution in [3.8, 4) is 0 Å². The number of aromatic nitrogens is 1. The third-order valence-electron chi connectivity index (χ3n) is 4.68. The van der Waals surface area contributed by atoms with Crippen LogP contribution in [0.5, 0.6) is 0 Å². The monoisotopic (exact) mass is 402 g/mol. The van der Waals surface area contributed by atoms with Gasteiger partial charge < -0.3 is 14.1 Å². The predicted molar refractivity (Wildman–Crippen MR) is 109 cm³/mol. The minimum atomic E-state index is -0.0902. The van der Waals surface area contributed by atoms with E-state index < -0.39 is 0 Å². The molecule has 1 saturated heterocycles. The fourth-order valence-corrected chi connectivity index (χ4v) is 5.17. The molecule has 1 aliphatic rings. The number of hydrogen-bond donors (Lipinski definition) is 0. The van der Waals surface area contributed by atoms with Crippen LogP contribution in [0.25, 0.3) is 11.0 Å². The van der Waals surface area contributed by atoms with E-state index in [2.05, 4.69) is 4.98 Å². The lowest BCUT2D eigenvalue weighted by Gasteiger charge is -2.20. The lowest BCUT2D eigenvalue weighted by atomic mass is 10.1. The molecular weight excluding hydrogens is 380 g/mol. The lowest BCUT2D eigenvalue weighted by Crippen LogP contribution is -2.34. The average Bonchev–Trinajstić information content (AvgIpc) is 3.39. The van der Waals surface area contributed by atoms with Crippen molar-refractivity contribution in [2.45, 2.75) is 36.0 Å². The van der Waals surface area contributed by atoms with Gasteiger partial charge in [0.05, 0.1) is 6.10 Å². The first-order valence-corrected chi connectivity index (χ1v) is 10.9. The standard InChI is InChI=1S/C20H22N2O3S2/c1-13-11-26-20(21-13)27-12-16-15-7-3-4-8-17(15)25-18(16)19(23)22(2)10-14-6-5-9-24-14/h3-4,7-8,11,14H,5-6,9-10,12H2,1-2H3. The summed E-state index contributed by atoms with van der Waals surface area (Å²) in [5.41, 5.74) is 2.71. The number of aryl methyl sites for hydroxylation is 1. The Morgan fingerprint density at radius 1 is 1.41 bits per heavy atom. The minimum absolute atomic E-state index is 0.0902. The summed E-state index contributed by atoms with van der Waals surface area (Å²) in [6.07, 6.45) is 2.19. The predicted octanol–water partition coefficient (Wildman–Crippen LogP) is 4.74. The van der Waals surface area contributed by atoms with Gasteiger partial charge >= 0.3 is 0 Å². The van der Waals surface area contributed by atoms with Gasteiger partial charge in [0.2, 0.25) is 0 Å². The number of furan rings is 1. The van der Waals surface area contributed by atoms with Gasteiger partial charge in [-0.2, -0.15) is 0 Å². The fourth-order valence-electron chi connectivity index (χ4n) is 3.30. The molecule has 27 heavy (non-hydrogen) atoms.